The molecule has 0 heterocycles. The van der Waals surface area contributed by atoms with E-state index in [2.05, 4.69) is 12.2 Å². The summed E-state index contributed by atoms with van der Waals surface area (Å²) < 4.78 is 5.09. The van der Waals surface area contributed by atoms with E-state index in [1.54, 1.807) is 24.1 Å². The number of nitrogens with zero attached hydrogens (tertiary/aromatic N) is 1. The Balaban J connectivity index is 2.57. The Kier molecular flexibility index (Phi) is 7.29. The van der Waals surface area contributed by atoms with Crippen LogP contribution in [0.25, 0.3) is 0 Å². The van der Waals surface area contributed by atoms with Crippen LogP contribution in [0.4, 0.5) is 5.69 Å². The third-order valence-corrected chi connectivity index (χ3v) is 3.18. The molecule has 0 saturated heterocycles. The quantitative estimate of drug-likeness (QED) is 0.748. The van der Waals surface area contributed by atoms with Crippen molar-refractivity contribution < 1.29 is 14.3 Å². The van der Waals surface area contributed by atoms with Crippen LogP contribution in [0.5, 0.6) is 5.75 Å². The SMILES string of the molecule is CCCCNC(=O)CCN(C(C)=O)c1ccc(OC)cc1. The van der Waals surface area contributed by atoms with Gasteiger partial charge in [0, 0.05) is 32.1 Å². The highest BCUT2D eigenvalue weighted by atomic mass is 16.5. The van der Waals surface area contributed by atoms with E-state index in [-0.39, 0.29) is 11.8 Å². The van der Waals surface area contributed by atoms with Gasteiger partial charge in [-0.3, -0.25) is 9.59 Å². The zero-order valence-corrected chi connectivity index (χ0v) is 13.0. The standard InChI is InChI=1S/C16H24N2O3/c1-4-5-11-17-16(20)10-12-18(13(2)19)14-6-8-15(21-3)9-7-14/h6-9H,4-5,10-12H2,1-3H3,(H,17,20). The normalized spacial score (nSPS) is 10.0. The zero-order valence-electron chi connectivity index (χ0n) is 13.0. The average Bonchev–Trinajstić information content (AvgIpc) is 2.48. The molecule has 0 fully saturated rings. The number of methoxy groups -OCH3 is 1. The predicted molar refractivity (Wildman–Crippen MR) is 83.6 cm³/mol. The summed E-state index contributed by atoms with van der Waals surface area (Å²) >= 11 is 0. The lowest BCUT2D eigenvalue weighted by molar-refractivity contribution is -0.121. The lowest BCUT2D eigenvalue weighted by Crippen LogP contribution is -2.34. The number of hydrogen-bond donors (Lipinski definition) is 1. The van der Waals surface area contributed by atoms with Crippen LogP contribution in [-0.2, 0) is 9.59 Å². The predicted octanol–water partition coefficient (Wildman–Crippen LogP) is 2.35. The maximum atomic E-state index is 11.7. The lowest BCUT2D eigenvalue weighted by atomic mass is 10.2. The van der Waals surface area contributed by atoms with Crippen LogP contribution in [0.2, 0.25) is 0 Å². The van der Waals surface area contributed by atoms with E-state index in [1.165, 1.54) is 6.92 Å². The first kappa shape index (κ1) is 17.0. The molecule has 0 aliphatic heterocycles. The van der Waals surface area contributed by atoms with Gasteiger partial charge in [-0.2, -0.15) is 0 Å². The molecule has 0 atom stereocenters. The highest BCUT2D eigenvalue weighted by Gasteiger charge is 2.13. The van der Waals surface area contributed by atoms with Crippen LogP contribution >= 0.6 is 0 Å². The number of ether oxygens (including phenoxy) is 1. The average molecular weight is 292 g/mol. The summed E-state index contributed by atoms with van der Waals surface area (Å²) in [5, 5.41) is 2.85. The smallest absolute Gasteiger partial charge is 0.223 e. The molecule has 0 radical (unpaired) electrons. The van der Waals surface area contributed by atoms with Crippen LogP contribution in [0.3, 0.4) is 0 Å². The van der Waals surface area contributed by atoms with Crippen molar-refractivity contribution in [3.8, 4) is 5.75 Å². The van der Waals surface area contributed by atoms with Crippen LogP contribution in [0.1, 0.15) is 33.1 Å². The molecule has 0 aromatic heterocycles. The fraction of sp³-hybridized carbons (Fsp3) is 0.500. The fourth-order valence-corrected chi connectivity index (χ4v) is 1.94. The van der Waals surface area contributed by atoms with Crippen LogP contribution < -0.4 is 15.0 Å². The van der Waals surface area contributed by atoms with E-state index >= 15 is 0 Å². The molecule has 1 aromatic rings. The number of amides is 2. The van der Waals surface area contributed by atoms with Crippen LogP contribution in [0.15, 0.2) is 24.3 Å². The number of carbonyl (C=O) groups is 2. The van der Waals surface area contributed by atoms with Gasteiger partial charge in [0.2, 0.25) is 11.8 Å². The third-order valence-electron chi connectivity index (χ3n) is 3.18. The molecule has 0 spiro atoms. The van der Waals surface area contributed by atoms with Crippen molar-refractivity contribution in [2.45, 2.75) is 33.1 Å². The molecule has 0 aliphatic carbocycles. The lowest BCUT2D eigenvalue weighted by Gasteiger charge is -2.21. The Labute approximate surface area is 126 Å². The van der Waals surface area contributed by atoms with E-state index in [0.717, 1.165) is 24.3 Å². The van der Waals surface area contributed by atoms with E-state index < -0.39 is 0 Å². The molecular weight excluding hydrogens is 268 g/mol. The summed E-state index contributed by atoms with van der Waals surface area (Å²) in [6.45, 7) is 4.64. The van der Waals surface area contributed by atoms with Gasteiger partial charge in [-0.1, -0.05) is 13.3 Å². The molecular formula is C16H24N2O3. The van der Waals surface area contributed by atoms with E-state index in [0.29, 0.717) is 19.5 Å². The van der Waals surface area contributed by atoms with E-state index in [9.17, 15) is 9.59 Å². The summed E-state index contributed by atoms with van der Waals surface area (Å²) in [6.07, 6.45) is 2.32. The topological polar surface area (TPSA) is 58.6 Å². The van der Waals surface area contributed by atoms with Gasteiger partial charge in [-0.05, 0) is 30.7 Å². The number of unbranched alkanes of at least 4 members (excludes halogenated alkanes) is 1. The second-order valence-corrected chi connectivity index (χ2v) is 4.82. The summed E-state index contributed by atoms with van der Waals surface area (Å²) in [5.74, 6) is 0.629. The number of anilines is 1. The first-order valence-electron chi connectivity index (χ1n) is 7.27. The number of hydrogen-bond acceptors (Lipinski definition) is 3. The number of rotatable bonds is 8. The van der Waals surface area contributed by atoms with Crippen molar-refractivity contribution in [1.29, 1.82) is 0 Å². The van der Waals surface area contributed by atoms with Gasteiger partial charge in [0.25, 0.3) is 0 Å². The maximum Gasteiger partial charge on any atom is 0.223 e. The van der Waals surface area contributed by atoms with Gasteiger partial charge in [0.05, 0.1) is 7.11 Å². The Morgan fingerprint density at radius 1 is 1.24 bits per heavy atom. The van der Waals surface area contributed by atoms with Crippen molar-refractivity contribution in [1.82, 2.24) is 5.32 Å². The Hall–Kier alpha value is -2.04. The van der Waals surface area contributed by atoms with Crippen molar-refractivity contribution >= 4 is 17.5 Å². The monoisotopic (exact) mass is 292 g/mol. The highest BCUT2D eigenvalue weighted by Crippen LogP contribution is 2.19. The summed E-state index contributed by atoms with van der Waals surface area (Å²) in [5.41, 5.74) is 0.768. The first-order valence-corrected chi connectivity index (χ1v) is 7.27. The third kappa shape index (κ3) is 5.85. The zero-order chi connectivity index (χ0) is 15.7. The van der Waals surface area contributed by atoms with Gasteiger partial charge in [-0.25, -0.2) is 0 Å². The number of carbonyl (C=O) groups excluding carboxylic acids is 2. The minimum atomic E-state index is -0.0819. The molecule has 116 valence electrons. The van der Waals surface area contributed by atoms with Gasteiger partial charge in [0.15, 0.2) is 0 Å². The molecule has 2 amide bonds. The van der Waals surface area contributed by atoms with E-state index in [1.807, 2.05) is 12.1 Å². The molecule has 1 rings (SSSR count). The van der Waals surface area contributed by atoms with Gasteiger partial charge in [-0.15, -0.1) is 0 Å². The molecule has 5 heteroatoms. The van der Waals surface area contributed by atoms with Crippen molar-refractivity contribution in [3.05, 3.63) is 24.3 Å². The van der Waals surface area contributed by atoms with Gasteiger partial charge >= 0.3 is 0 Å². The molecule has 5 nitrogen and oxygen atoms in total. The number of nitrogens with one attached hydrogen (secondary N) is 1. The molecule has 21 heavy (non-hydrogen) atoms. The molecule has 0 aliphatic rings. The molecule has 0 unspecified atom stereocenters. The minimum absolute atomic E-state index is 0.0248. The van der Waals surface area contributed by atoms with Crippen molar-refractivity contribution in [2.75, 3.05) is 25.1 Å². The molecule has 0 saturated carbocycles. The second kappa shape index (κ2) is 9.00. The Morgan fingerprint density at radius 3 is 2.43 bits per heavy atom. The maximum absolute atomic E-state index is 11.7. The van der Waals surface area contributed by atoms with Crippen LogP contribution in [-0.4, -0.2) is 32.0 Å². The largest absolute Gasteiger partial charge is 0.497 e. The Morgan fingerprint density at radius 2 is 1.90 bits per heavy atom. The second-order valence-electron chi connectivity index (χ2n) is 4.82. The first-order chi connectivity index (χ1) is 10.1. The van der Waals surface area contributed by atoms with Crippen LogP contribution in [0, 0.1) is 0 Å². The minimum Gasteiger partial charge on any atom is -0.497 e. The fourth-order valence-electron chi connectivity index (χ4n) is 1.94. The molecule has 1 N–H and O–H groups in total. The summed E-state index contributed by atoms with van der Waals surface area (Å²) in [4.78, 5) is 25.0. The highest BCUT2D eigenvalue weighted by molar-refractivity contribution is 5.92. The Bertz CT molecular complexity index is 457. The van der Waals surface area contributed by atoms with Gasteiger partial charge in [0.1, 0.15) is 5.75 Å². The summed E-state index contributed by atoms with van der Waals surface area (Å²) in [7, 11) is 1.60. The molecule has 1 aromatic carbocycles. The van der Waals surface area contributed by atoms with E-state index in [4.69, 9.17) is 4.74 Å². The van der Waals surface area contributed by atoms with Crippen molar-refractivity contribution in [3.63, 3.8) is 0 Å². The summed E-state index contributed by atoms with van der Waals surface area (Å²) in [6, 6.07) is 7.23. The molecule has 0 bridgehead atoms. The van der Waals surface area contributed by atoms with Gasteiger partial charge < -0.3 is 15.0 Å². The number of benzene rings is 1. The van der Waals surface area contributed by atoms with Crippen molar-refractivity contribution in [2.24, 2.45) is 0 Å².